The summed E-state index contributed by atoms with van der Waals surface area (Å²) in [6.07, 6.45) is 3.71. The van der Waals surface area contributed by atoms with E-state index in [4.69, 9.17) is 0 Å². The number of aromatic amines is 1. The number of amides is 2. The van der Waals surface area contributed by atoms with Gasteiger partial charge in [-0.3, -0.25) is 4.57 Å². The number of carbonyl (C=O) groups is 1. The van der Waals surface area contributed by atoms with Gasteiger partial charge in [-0.2, -0.15) is 0 Å². The summed E-state index contributed by atoms with van der Waals surface area (Å²) < 4.78 is 1.92. The first-order chi connectivity index (χ1) is 15.9. The highest BCUT2D eigenvalue weighted by Gasteiger charge is 2.31. The summed E-state index contributed by atoms with van der Waals surface area (Å²) in [6, 6.07) is 14.9. The third kappa shape index (κ3) is 3.92. The van der Waals surface area contributed by atoms with E-state index in [1.807, 2.05) is 42.5 Å². The van der Waals surface area contributed by atoms with Gasteiger partial charge in [-0.1, -0.05) is 42.5 Å². The smallest absolute Gasteiger partial charge is 0.327 e. The van der Waals surface area contributed by atoms with Gasteiger partial charge in [0.2, 0.25) is 0 Å². The first-order valence-corrected chi connectivity index (χ1v) is 11.7. The Morgan fingerprint density at radius 3 is 2.55 bits per heavy atom. The summed E-state index contributed by atoms with van der Waals surface area (Å²) in [5, 5.41) is 5.35. The number of hydrogen-bond donors (Lipinski definition) is 2. The van der Waals surface area contributed by atoms with E-state index in [1.54, 1.807) is 0 Å². The molecular weight excluding hydrogens is 414 g/mol. The highest BCUT2D eigenvalue weighted by atomic mass is 16.2. The van der Waals surface area contributed by atoms with Crippen molar-refractivity contribution in [2.75, 3.05) is 31.6 Å². The Labute approximate surface area is 193 Å². The number of nitrogens with one attached hydrogen (secondary N) is 2. The van der Waals surface area contributed by atoms with Crippen molar-refractivity contribution in [2.45, 2.75) is 38.8 Å². The van der Waals surface area contributed by atoms with Crippen LogP contribution in [0.2, 0.25) is 0 Å². The van der Waals surface area contributed by atoms with Crippen molar-refractivity contribution >= 4 is 28.2 Å². The Bertz CT molecular complexity index is 1280. The summed E-state index contributed by atoms with van der Waals surface area (Å²) in [6.45, 7) is 5.96. The van der Waals surface area contributed by atoms with Crippen LogP contribution in [0.5, 0.6) is 0 Å². The van der Waals surface area contributed by atoms with E-state index in [-0.39, 0.29) is 23.8 Å². The molecule has 0 aliphatic carbocycles. The van der Waals surface area contributed by atoms with Crippen LogP contribution in [0.3, 0.4) is 0 Å². The number of likely N-dealkylation sites (N-methyl/N-ethyl adjacent to an activating group) is 1. The van der Waals surface area contributed by atoms with Crippen molar-refractivity contribution in [3.63, 3.8) is 0 Å². The van der Waals surface area contributed by atoms with Gasteiger partial charge in [0.1, 0.15) is 5.82 Å². The molecule has 0 atom stereocenters. The number of rotatable bonds is 3. The second-order valence-electron chi connectivity index (χ2n) is 9.38. The van der Waals surface area contributed by atoms with Crippen LogP contribution in [0.1, 0.15) is 44.0 Å². The number of H-pyrrole nitrogens is 1. The fourth-order valence-electron chi connectivity index (χ4n) is 5.04. The van der Waals surface area contributed by atoms with E-state index in [2.05, 4.69) is 51.6 Å². The van der Waals surface area contributed by atoms with Crippen LogP contribution in [-0.4, -0.2) is 53.2 Å². The van der Waals surface area contributed by atoms with Crippen molar-refractivity contribution < 1.29 is 4.79 Å². The Morgan fingerprint density at radius 2 is 1.82 bits per heavy atom. The Kier molecular flexibility index (Phi) is 5.48. The van der Waals surface area contributed by atoms with Crippen LogP contribution in [-0.2, 0) is 0 Å². The second kappa shape index (κ2) is 8.46. The van der Waals surface area contributed by atoms with Crippen molar-refractivity contribution in [2.24, 2.45) is 0 Å². The number of hydrogen-bond acceptors (Lipinski definition) is 3. The molecule has 172 valence electrons. The van der Waals surface area contributed by atoms with Gasteiger partial charge in [-0.05, 0) is 49.1 Å². The molecule has 3 heterocycles. The molecule has 2 aliphatic heterocycles. The largest absolute Gasteiger partial charge is 0.355 e. The standard InChI is InChI=1S/C26H31N5O2/c1-17(2)27-25(32)30-14-10-21(11-15-30)31-24-23(28-26(31)33)22(12-13-29(24)3)20-9-8-18-6-4-5-7-19(18)16-20/h4-9,12,16-17,21H,10-11,13-15H2,1-3H3,(H,27,32)(H,28,33). The molecule has 0 saturated carbocycles. The number of piperidine rings is 1. The van der Waals surface area contributed by atoms with Crippen molar-refractivity contribution in [3.8, 4) is 0 Å². The summed E-state index contributed by atoms with van der Waals surface area (Å²) >= 11 is 0. The second-order valence-corrected chi connectivity index (χ2v) is 9.38. The van der Waals surface area contributed by atoms with Gasteiger partial charge < -0.3 is 20.1 Å². The zero-order valence-electron chi connectivity index (χ0n) is 19.5. The number of imidazole rings is 1. The SMILES string of the molecule is CC(C)NC(=O)N1CCC(n2c3c([nH]c2=O)C(c2ccc4ccccc4c2)=CCN3C)CC1. The molecule has 0 radical (unpaired) electrons. The lowest BCUT2D eigenvalue weighted by molar-refractivity contribution is 0.169. The highest BCUT2D eigenvalue weighted by Crippen LogP contribution is 2.37. The van der Waals surface area contributed by atoms with Crippen LogP contribution in [0.15, 0.2) is 53.3 Å². The molecule has 3 aromatic rings. The molecule has 5 rings (SSSR count). The predicted molar refractivity (Wildman–Crippen MR) is 133 cm³/mol. The first kappa shape index (κ1) is 21.4. The molecule has 2 N–H and O–H groups in total. The van der Waals surface area contributed by atoms with Gasteiger partial charge in [-0.15, -0.1) is 0 Å². The molecule has 0 spiro atoms. The van der Waals surface area contributed by atoms with E-state index < -0.39 is 0 Å². The fraction of sp³-hybridized carbons (Fsp3) is 0.385. The maximum absolute atomic E-state index is 13.2. The van der Waals surface area contributed by atoms with Gasteiger partial charge in [0.25, 0.3) is 0 Å². The van der Waals surface area contributed by atoms with E-state index in [0.29, 0.717) is 13.1 Å². The zero-order valence-corrected chi connectivity index (χ0v) is 19.5. The number of aromatic nitrogens is 2. The number of nitrogens with zero attached hydrogens (tertiary/aromatic N) is 3. The number of carbonyl (C=O) groups excluding carboxylic acids is 1. The molecule has 0 bridgehead atoms. The van der Waals surface area contributed by atoms with Gasteiger partial charge in [0, 0.05) is 44.3 Å². The van der Waals surface area contributed by atoms with E-state index in [9.17, 15) is 9.59 Å². The fourth-order valence-corrected chi connectivity index (χ4v) is 5.04. The molecule has 2 aromatic carbocycles. The molecular formula is C26H31N5O2. The molecule has 2 aliphatic rings. The van der Waals surface area contributed by atoms with Crippen molar-refractivity contribution in [3.05, 3.63) is 70.3 Å². The average Bonchev–Trinajstić information content (AvgIpc) is 3.16. The highest BCUT2D eigenvalue weighted by molar-refractivity contribution is 5.91. The third-order valence-corrected chi connectivity index (χ3v) is 6.69. The normalized spacial score (nSPS) is 16.8. The summed E-state index contributed by atoms with van der Waals surface area (Å²) in [7, 11) is 2.03. The number of anilines is 1. The topological polar surface area (TPSA) is 73.4 Å². The van der Waals surface area contributed by atoms with Crippen molar-refractivity contribution in [1.82, 2.24) is 19.8 Å². The molecule has 7 heteroatoms. The summed E-state index contributed by atoms with van der Waals surface area (Å²) in [5.41, 5.74) is 2.98. The van der Waals surface area contributed by atoms with Crippen LogP contribution < -0.4 is 15.9 Å². The van der Waals surface area contributed by atoms with Gasteiger partial charge in [-0.25, -0.2) is 9.59 Å². The molecule has 2 amide bonds. The van der Waals surface area contributed by atoms with Gasteiger partial charge >= 0.3 is 11.7 Å². The Hall–Kier alpha value is -3.48. The monoisotopic (exact) mass is 445 g/mol. The lowest BCUT2D eigenvalue weighted by atomic mass is 9.96. The molecule has 1 fully saturated rings. The minimum Gasteiger partial charge on any atom is -0.355 e. The molecule has 33 heavy (non-hydrogen) atoms. The lowest BCUT2D eigenvalue weighted by Crippen LogP contribution is -2.47. The van der Waals surface area contributed by atoms with Gasteiger partial charge in [0.05, 0.1) is 5.69 Å². The number of likely N-dealkylation sites (tertiary alicyclic amines) is 1. The minimum absolute atomic E-state index is 0.0227. The zero-order chi connectivity index (χ0) is 23.1. The van der Waals surface area contributed by atoms with Crippen molar-refractivity contribution in [1.29, 1.82) is 0 Å². The van der Waals surface area contributed by atoms with Crippen LogP contribution >= 0.6 is 0 Å². The molecule has 7 nitrogen and oxygen atoms in total. The molecule has 0 unspecified atom stereocenters. The maximum atomic E-state index is 13.2. The minimum atomic E-state index is -0.0782. The van der Waals surface area contributed by atoms with E-state index in [0.717, 1.165) is 42.0 Å². The Morgan fingerprint density at radius 1 is 1.09 bits per heavy atom. The molecule has 1 saturated heterocycles. The first-order valence-electron chi connectivity index (χ1n) is 11.7. The van der Waals surface area contributed by atoms with Crippen LogP contribution in [0.25, 0.3) is 16.3 Å². The predicted octanol–water partition coefficient (Wildman–Crippen LogP) is 3.97. The number of urea groups is 1. The van der Waals surface area contributed by atoms with E-state index >= 15 is 0 Å². The Balaban J connectivity index is 1.44. The van der Waals surface area contributed by atoms with E-state index in [1.165, 1.54) is 10.8 Å². The summed E-state index contributed by atoms with van der Waals surface area (Å²) in [4.78, 5) is 32.7. The van der Waals surface area contributed by atoms with Crippen LogP contribution in [0.4, 0.5) is 10.6 Å². The third-order valence-electron chi connectivity index (χ3n) is 6.69. The number of benzene rings is 2. The average molecular weight is 446 g/mol. The van der Waals surface area contributed by atoms with Gasteiger partial charge in [0.15, 0.2) is 0 Å². The lowest BCUT2D eigenvalue weighted by Gasteiger charge is -2.35. The quantitative estimate of drug-likeness (QED) is 0.641. The number of fused-ring (bicyclic) bond motifs is 2. The maximum Gasteiger partial charge on any atom is 0.327 e. The summed E-state index contributed by atoms with van der Waals surface area (Å²) in [5.74, 6) is 0.941. The molecule has 1 aromatic heterocycles. The van der Waals surface area contributed by atoms with Crippen LogP contribution in [0, 0.1) is 0 Å².